The molecule has 0 bridgehead atoms. The molecule has 1 aromatic heterocycles. The molecule has 1 saturated heterocycles. The predicted octanol–water partition coefficient (Wildman–Crippen LogP) is 2.12. The molecule has 1 aliphatic rings. The zero-order chi connectivity index (χ0) is 16.8. The number of hydrogen-bond donors (Lipinski definition) is 2. The van der Waals surface area contributed by atoms with Gasteiger partial charge in [0.25, 0.3) is 5.91 Å². The third kappa shape index (κ3) is 4.46. The van der Waals surface area contributed by atoms with Crippen molar-refractivity contribution in [2.45, 2.75) is 6.42 Å². The number of anilines is 1. The van der Waals surface area contributed by atoms with E-state index in [-0.39, 0.29) is 5.91 Å². The Morgan fingerprint density at radius 2 is 1.92 bits per heavy atom. The van der Waals surface area contributed by atoms with E-state index in [9.17, 15) is 4.79 Å². The highest BCUT2D eigenvalue weighted by molar-refractivity contribution is 6.30. The molecule has 24 heavy (non-hydrogen) atoms. The maximum absolute atomic E-state index is 12.2. The Balaban J connectivity index is 1.50. The Bertz CT molecular complexity index is 666. The molecule has 1 amide bonds. The first-order chi connectivity index (χ1) is 11.7. The lowest BCUT2D eigenvalue weighted by Gasteiger charge is -2.28. The zero-order valence-corrected chi connectivity index (χ0v) is 14.2. The molecule has 5 nitrogen and oxygen atoms in total. The number of carbonyl (C=O) groups excluding carboxylic acids is 1. The minimum absolute atomic E-state index is 0.0941. The third-order valence-corrected chi connectivity index (χ3v) is 4.32. The number of hydrogen-bond acceptors (Lipinski definition) is 4. The minimum Gasteiger partial charge on any atom is -0.354 e. The van der Waals surface area contributed by atoms with E-state index in [0.717, 1.165) is 49.0 Å². The van der Waals surface area contributed by atoms with Crippen LogP contribution in [0, 0.1) is 0 Å². The fraction of sp³-hybridized carbons (Fsp3) is 0.333. The van der Waals surface area contributed by atoms with Gasteiger partial charge in [-0.2, -0.15) is 0 Å². The highest BCUT2D eigenvalue weighted by Gasteiger charge is 2.12. The van der Waals surface area contributed by atoms with Gasteiger partial charge in [0.2, 0.25) is 0 Å². The van der Waals surface area contributed by atoms with Crippen molar-refractivity contribution >= 4 is 23.3 Å². The largest absolute Gasteiger partial charge is 0.354 e. The average Bonchev–Trinajstić information content (AvgIpc) is 2.64. The van der Waals surface area contributed by atoms with Crippen molar-refractivity contribution in [2.75, 3.05) is 37.6 Å². The summed E-state index contributed by atoms with van der Waals surface area (Å²) >= 11 is 5.86. The molecule has 2 aromatic rings. The van der Waals surface area contributed by atoms with Crippen LogP contribution in [0.3, 0.4) is 0 Å². The monoisotopic (exact) mass is 344 g/mol. The Hall–Kier alpha value is -2.11. The summed E-state index contributed by atoms with van der Waals surface area (Å²) in [5.74, 6) is 0.831. The number of halogens is 1. The fourth-order valence-electron chi connectivity index (χ4n) is 2.67. The van der Waals surface area contributed by atoms with Gasteiger partial charge in [0.15, 0.2) is 0 Å². The lowest BCUT2D eigenvalue weighted by atomic mass is 10.1. The van der Waals surface area contributed by atoms with E-state index in [4.69, 9.17) is 11.6 Å². The second-order valence-corrected chi connectivity index (χ2v) is 6.21. The number of pyridine rings is 1. The summed E-state index contributed by atoms with van der Waals surface area (Å²) in [4.78, 5) is 18.8. The van der Waals surface area contributed by atoms with E-state index in [1.54, 1.807) is 6.20 Å². The lowest BCUT2D eigenvalue weighted by molar-refractivity contribution is 0.0954. The number of amides is 1. The summed E-state index contributed by atoms with van der Waals surface area (Å²) in [6.07, 6.45) is 2.42. The minimum atomic E-state index is -0.0941. The van der Waals surface area contributed by atoms with E-state index < -0.39 is 0 Å². The molecule has 2 N–H and O–H groups in total. The van der Waals surface area contributed by atoms with Gasteiger partial charge in [0.05, 0.1) is 5.56 Å². The highest BCUT2D eigenvalue weighted by atomic mass is 35.5. The van der Waals surface area contributed by atoms with Crippen molar-refractivity contribution in [3.8, 4) is 0 Å². The molecular weight excluding hydrogens is 324 g/mol. The number of nitrogens with zero attached hydrogens (tertiary/aromatic N) is 2. The number of rotatable bonds is 5. The van der Waals surface area contributed by atoms with Gasteiger partial charge in [0, 0.05) is 43.9 Å². The summed E-state index contributed by atoms with van der Waals surface area (Å²) in [5, 5.41) is 6.96. The van der Waals surface area contributed by atoms with Crippen LogP contribution in [0.25, 0.3) is 0 Å². The Kier molecular flexibility index (Phi) is 5.67. The van der Waals surface area contributed by atoms with Crippen LogP contribution in [0.2, 0.25) is 5.02 Å². The van der Waals surface area contributed by atoms with E-state index >= 15 is 0 Å². The molecule has 0 spiro atoms. The second-order valence-electron chi connectivity index (χ2n) is 5.77. The molecule has 126 valence electrons. The molecule has 0 unspecified atom stereocenters. The number of carbonyl (C=O) groups is 1. The highest BCUT2D eigenvalue weighted by Crippen LogP contribution is 2.12. The van der Waals surface area contributed by atoms with Crippen LogP contribution >= 0.6 is 11.6 Å². The van der Waals surface area contributed by atoms with E-state index in [0.29, 0.717) is 12.1 Å². The predicted molar refractivity (Wildman–Crippen MR) is 96.8 cm³/mol. The van der Waals surface area contributed by atoms with Gasteiger partial charge in [-0.05, 0) is 36.2 Å². The van der Waals surface area contributed by atoms with Crippen LogP contribution in [0.5, 0.6) is 0 Å². The fourth-order valence-corrected chi connectivity index (χ4v) is 2.80. The van der Waals surface area contributed by atoms with Crippen molar-refractivity contribution in [3.05, 3.63) is 58.7 Å². The second kappa shape index (κ2) is 8.13. The summed E-state index contributed by atoms with van der Waals surface area (Å²) in [5.41, 5.74) is 1.73. The SMILES string of the molecule is O=C(NCCc1ccc(Cl)cc1)c1ccc(N2CCNCC2)nc1. The zero-order valence-electron chi connectivity index (χ0n) is 13.5. The number of piperazine rings is 1. The van der Waals surface area contributed by atoms with Gasteiger partial charge in [-0.15, -0.1) is 0 Å². The topological polar surface area (TPSA) is 57.3 Å². The number of aromatic nitrogens is 1. The molecule has 0 radical (unpaired) electrons. The summed E-state index contributed by atoms with van der Waals surface area (Å²) in [7, 11) is 0. The molecule has 0 aliphatic carbocycles. The van der Waals surface area contributed by atoms with Crippen LogP contribution in [0.4, 0.5) is 5.82 Å². The van der Waals surface area contributed by atoms with E-state index in [1.807, 2.05) is 36.4 Å². The number of nitrogens with one attached hydrogen (secondary N) is 2. The molecular formula is C18H21ClN4O. The standard InChI is InChI=1S/C18H21ClN4O/c19-16-4-1-14(2-5-16)7-8-21-18(24)15-3-6-17(22-13-15)23-11-9-20-10-12-23/h1-6,13,20H,7-12H2,(H,21,24). The third-order valence-electron chi connectivity index (χ3n) is 4.06. The first-order valence-electron chi connectivity index (χ1n) is 8.17. The summed E-state index contributed by atoms with van der Waals surface area (Å²) in [6.45, 7) is 4.41. The first-order valence-corrected chi connectivity index (χ1v) is 8.54. The molecule has 2 heterocycles. The molecule has 3 rings (SSSR count). The van der Waals surface area contributed by atoms with Gasteiger partial charge in [0.1, 0.15) is 5.82 Å². The molecule has 6 heteroatoms. The van der Waals surface area contributed by atoms with E-state index in [1.165, 1.54) is 0 Å². The van der Waals surface area contributed by atoms with Crippen LogP contribution in [0.1, 0.15) is 15.9 Å². The average molecular weight is 345 g/mol. The maximum Gasteiger partial charge on any atom is 0.252 e. The van der Waals surface area contributed by atoms with Crippen LogP contribution in [-0.4, -0.2) is 43.6 Å². The van der Waals surface area contributed by atoms with Crippen molar-refractivity contribution in [2.24, 2.45) is 0 Å². The van der Waals surface area contributed by atoms with Gasteiger partial charge in [-0.1, -0.05) is 23.7 Å². The number of benzene rings is 1. The van der Waals surface area contributed by atoms with Crippen molar-refractivity contribution in [1.29, 1.82) is 0 Å². The van der Waals surface area contributed by atoms with Gasteiger partial charge < -0.3 is 15.5 Å². The maximum atomic E-state index is 12.2. The normalized spacial score (nSPS) is 14.5. The van der Waals surface area contributed by atoms with Gasteiger partial charge >= 0.3 is 0 Å². The lowest BCUT2D eigenvalue weighted by Crippen LogP contribution is -2.43. The Morgan fingerprint density at radius 1 is 1.17 bits per heavy atom. The summed E-state index contributed by atoms with van der Waals surface area (Å²) < 4.78 is 0. The van der Waals surface area contributed by atoms with E-state index in [2.05, 4.69) is 20.5 Å². The van der Waals surface area contributed by atoms with Gasteiger partial charge in [-0.25, -0.2) is 4.98 Å². The summed E-state index contributed by atoms with van der Waals surface area (Å²) in [6, 6.07) is 11.4. The van der Waals surface area contributed by atoms with Crippen molar-refractivity contribution < 1.29 is 4.79 Å². The molecule has 1 fully saturated rings. The van der Waals surface area contributed by atoms with Crippen molar-refractivity contribution in [3.63, 3.8) is 0 Å². The van der Waals surface area contributed by atoms with Crippen LogP contribution < -0.4 is 15.5 Å². The molecule has 1 aromatic carbocycles. The first kappa shape index (κ1) is 16.7. The smallest absolute Gasteiger partial charge is 0.252 e. The van der Waals surface area contributed by atoms with Gasteiger partial charge in [-0.3, -0.25) is 4.79 Å². The molecule has 1 aliphatic heterocycles. The van der Waals surface area contributed by atoms with Crippen LogP contribution in [-0.2, 0) is 6.42 Å². The molecule has 0 saturated carbocycles. The Labute approximate surface area is 147 Å². The van der Waals surface area contributed by atoms with Crippen LogP contribution in [0.15, 0.2) is 42.6 Å². The van der Waals surface area contributed by atoms with Crippen molar-refractivity contribution in [1.82, 2.24) is 15.6 Å². The molecule has 0 atom stereocenters. The Morgan fingerprint density at radius 3 is 2.58 bits per heavy atom. The quantitative estimate of drug-likeness (QED) is 0.872.